The van der Waals surface area contributed by atoms with Crippen LogP contribution in [-0.4, -0.2) is 41.4 Å². The molecule has 0 radical (unpaired) electrons. The van der Waals surface area contributed by atoms with E-state index in [0.29, 0.717) is 9.27 Å². The summed E-state index contributed by atoms with van der Waals surface area (Å²) in [7, 11) is -4.37. The van der Waals surface area contributed by atoms with Gasteiger partial charge in [0.1, 0.15) is 6.54 Å². The number of fused-ring (bicyclic) bond motifs is 1. The molecule has 2 N–H and O–H groups in total. The number of nitrogen functional groups attached to an aromatic ring is 1. The van der Waals surface area contributed by atoms with Crippen molar-refractivity contribution in [2.45, 2.75) is 18.1 Å². The number of hydrogen-bond acceptors (Lipinski definition) is 5. The van der Waals surface area contributed by atoms with Gasteiger partial charge in [-0.2, -0.15) is 17.5 Å². The van der Waals surface area contributed by atoms with Crippen LogP contribution >= 0.6 is 11.3 Å². The van der Waals surface area contributed by atoms with Crippen molar-refractivity contribution < 1.29 is 21.6 Å². The van der Waals surface area contributed by atoms with Gasteiger partial charge in [-0.15, -0.1) is 11.3 Å². The second-order valence-electron chi connectivity index (χ2n) is 3.90. The molecule has 0 amide bonds. The van der Waals surface area contributed by atoms with Gasteiger partial charge in [-0.25, -0.2) is 13.4 Å². The Morgan fingerprint density at radius 1 is 1.50 bits per heavy atom. The molecule has 0 fully saturated rings. The van der Waals surface area contributed by atoms with Crippen LogP contribution in [0.1, 0.15) is 6.92 Å². The van der Waals surface area contributed by atoms with Crippen LogP contribution in [0.5, 0.6) is 0 Å². The standard InChI is InChI=1S/C9H11F3N4O2S2/c1-2-15(5-9(10,11)12)20(17,18)7-6(13)14-8-16(7)3-4-19-8/h3-4H,2,5,13H2,1H3. The number of thiazole rings is 1. The first-order chi connectivity index (χ1) is 9.16. The number of rotatable bonds is 4. The van der Waals surface area contributed by atoms with Crippen molar-refractivity contribution in [3.63, 3.8) is 0 Å². The van der Waals surface area contributed by atoms with Gasteiger partial charge in [0.25, 0.3) is 10.0 Å². The number of imidazole rings is 1. The minimum atomic E-state index is -4.63. The van der Waals surface area contributed by atoms with E-state index < -0.39 is 27.8 Å². The van der Waals surface area contributed by atoms with Gasteiger partial charge in [0, 0.05) is 18.1 Å². The van der Waals surface area contributed by atoms with Crippen molar-refractivity contribution in [3.8, 4) is 0 Å². The molecule has 0 spiro atoms. The molecule has 0 atom stereocenters. The maximum absolute atomic E-state index is 12.5. The first-order valence-corrected chi connectivity index (χ1v) is 7.76. The van der Waals surface area contributed by atoms with Crippen molar-refractivity contribution in [2.75, 3.05) is 18.8 Å². The summed E-state index contributed by atoms with van der Waals surface area (Å²) < 4.78 is 63.5. The number of halogens is 3. The summed E-state index contributed by atoms with van der Waals surface area (Å²) in [6, 6.07) is 0. The largest absolute Gasteiger partial charge is 0.402 e. The molecule has 6 nitrogen and oxygen atoms in total. The summed E-state index contributed by atoms with van der Waals surface area (Å²) in [5, 5.41) is 1.14. The molecule has 0 bridgehead atoms. The van der Waals surface area contributed by atoms with E-state index in [1.54, 1.807) is 5.38 Å². The number of nitrogens with zero attached hydrogens (tertiary/aromatic N) is 3. The van der Waals surface area contributed by atoms with Gasteiger partial charge in [0.2, 0.25) is 0 Å². The maximum atomic E-state index is 12.5. The molecule has 2 aromatic rings. The van der Waals surface area contributed by atoms with Crippen LogP contribution in [0.25, 0.3) is 4.96 Å². The average Bonchev–Trinajstić information content (AvgIpc) is 2.83. The minimum absolute atomic E-state index is 0.308. The summed E-state index contributed by atoms with van der Waals surface area (Å²) >= 11 is 1.14. The molecular weight excluding hydrogens is 317 g/mol. The molecule has 0 aliphatic heterocycles. The molecule has 0 aliphatic rings. The molecule has 112 valence electrons. The molecule has 20 heavy (non-hydrogen) atoms. The quantitative estimate of drug-likeness (QED) is 0.923. The smallest absolute Gasteiger partial charge is 0.381 e. The number of alkyl halides is 3. The van der Waals surface area contributed by atoms with Crippen LogP contribution in [0.2, 0.25) is 0 Å². The zero-order chi connectivity index (χ0) is 15.1. The van der Waals surface area contributed by atoms with Crippen LogP contribution in [-0.2, 0) is 10.0 Å². The summed E-state index contributed by atoms with van der Waals surface area (Å²) in [4.78, 5) is 4.13. The zero-order valence-corrected chi connectivity index (χ0v) is 11.9. The fraction of sp³-hybridized carbons (Fsp3) is 0.444. The fourth-order valence-electron chi connectivity index (χ4n) is 1.73. The van der Waals surface area contributed by atoms with Crippen molar-refractivity contribution in [1.29, 1.82) is 0 Å². The van der Waals surface area contributed by atoms with E-state index in [-0.39, 0.29) is 12.4 Å². The number of sulfonamides is 1. The highest BCUT2D eigenvalue weighted by atomic mass is 32.2. The predicted molar refractivity (Wildman–Crippen MR) is 68.0 cm³/mol. The van der Waals surface area contributed by atoms with E-state index >= 15 is 0 Å². The summed E-state index contributed by atoms with van der Waals surface area (Å²) in [6.45, 7) is -0.563. The van der Waals surface area contributed by atoms with Gasteiger partial charge >= 0.3 is 6.18 Å². The molecule has 11 heteroatoms. The van der Waals surface area contributed by atoms with Crippen LogP contribution in [0.15, 0.2) is 16.6 Å². The topological polar surface area (TPSA) is 80.7 Å². The molecule has 0 unspecified atom stereocenters. The third kappa shape index (κ3) is 2.60. The molecule has 0 aromatic carbocycles. The summed E-state index contributed by atoms with van der Waals surface area (Å²) in [5.41, 5.74) is 5.53. The lowest BCUT2D eigenvalue weighted by Gasteiger charge is -2.21. The maximum Gasteiger partial charge on any atom is 0.402 e. The van der Waals surface area contributed by atoms with Gasteiger partial charge in [-0.05, 0) is 0 Å². The molecule has 0 saturated heterocycles. The van der Waals surface area contributed by atoms with Crippen LogP contribution in [0.4, 0.5) is 19.0 Å². The van der Waals surface area contributed by atoms with Crippen LogP contribution in [0, 0.1) is 0 Å². The molecule has 2 aromatic heterocycles. The SMILES string of the molecule is CCN(CC(F)(F)F)S(=O)(=O)c1c(N)nc2sccn12. The minimum Gasteiger partial charge on any atom is -0.381 e. The Morgan fingerprint density at radius 2 is 2.15 bits per heavy atom. The molecule has 0 saturated carbocycles. The van der Waals surface area contributed by atoms with Gasteiger partial charge < -0.3 is 5.73 Å². The monoisotopic (exact) mass is 328 g/mol. The number of nitrogens with two attached hydrogens (primary N) is 1. The molecule has 0 aliphatic carbocycles. The van der Waals surface area contributed by atoms with Gasteiger partial charge in [0.15, 0.2) is 15.8 Å². The lowest BCUT2D eigenvalue weighted by Crippen LogP contribution is -2.39. The normalized spacial score (nSPS) is 13.4. The highest BCUT2D eigenvalue weighted by Gasteiger charge is 2.38. The summed E-state index contributed by atoms with van der Waals surface area (Å²) in [6.07, 6.45) is -3.23. The first kappa shape index (κ1) is 15.1. The molecule has 2 rings (SSSR count). The van der Waals surface area contributed by atoms with Crippen molar-refractivity contribution >= 4 is 32.1 Å². The lowest BCUT2D eigenvalue weighted by molar-refractivity contribution is -0.135. The van der Waals surface area contributed by atoms with E-state index in [0.717, 1.165) is 11.3 Å². The average molecular weight is 328 g/mol. The number of hydrogen-bond donors (Lipinski definition) is 1. The Bertz CT molecular complexity index is 719. The van der Waals surface area contributed by atoms with E-state index in [4.69, 9.17) is 5.73 Å². The van der Waals surface area contributed by atoms with E-state index in [1.807, 2.05) is 0 Å². The van der Waals surface area contributed by atoms with E-state index in [2.05, 4.69) is 4.98 Å². The Labute approximate surface area is 116 Å². The van der Waals surface area contributed by atoms with Crippen LogP contribution < -0.4 is 5.73 Å². The van der Waals surface area contributed by atoms with Crippen molar-refractivity contribution in [3.05, 3.63) is 11.6 Å². The Balaban J connectivity index is 2.53. The number of anilines is 1. The van der Waals surface area contributed by atoms with Gasteiger partial charge in [-0.1, -0.05) is 6.92 Å². The highest BCUT2D eigenvalue weighted by molar-refractivity contribution is 7.89. The van der Waals surface area contributed by atoms with E-state index in [1.165, 1.54) is 17.5 Å². The van der Waals surface area contributed by atoms with Crippen molar-refractivity contribution in [1.82, 2.24) is 13.7 Å². The zero-order valence-electron chi connectivity index (χ0n) is 10.3. The Morgan fingerprint density at radius 3 is 2.70 bits per heavy atom. The Kier molecular flexibility index (Phi) is 3.69. The Hall–Kier alpha value is -1.33. The van der Waals surface area contributed by atoms with Crippen LogP contribution in [0.3, 0.4) is 0 Å². The van der Waals surface area contributed by atoms with E-state index in [9.17, 15) is 21.6 Å². The first-order valence-electron chi connectivity index (χ1n) is 5.44. The third-order valence-electron chi connectivity index (χ3n) is 2.54. The van der Waals surface area contributed by atoms with Crippen molar-refractivity contribution in [2.24, 2.45) is 0 Å². The predicted octanol–water partition coefficient (Wildman–Crippen LogP) is 1.55. The lowest BCUT2D eigenvalue weighted by atomic mass is 10.6. The fourth-order valence-corrected chi connectivity index (χ4v) is 4.11. The molecule has 2 heterocycles. The third-order valence-corrected chi connectivity index (χ3v) is 5.25. The van der Waals surface area contributed by atoms with Gasteiger partial charge in [-0.3, -0.25) is 4.40 Å². The summed E-state index contributed by atoms with van der Waals surface area (Å²) in [5.74, 6) is -0.308. The molecular formula is C9H11F3N4O2S2. The number of aromatic nitrogens is 2. The van der Waals surface area contributed by atoms with Gasteiger partial charge in [0.05, 0.1) is 0 Å². The second-order valence-corrected chi connectivity index (χ2v) is 6.63. The second kappa shape index (κ2) is 4.90. The highest BCUT2D eigenvalue weighted by Crippen LogP contribution is 2.28.